The number of aromatic nitrogens is 1. The molecule has 0 saturated carbocycles. The zero-order chi connectivity index (χ0) is 32.4. The van der Waals surface area contributed by atoms with Crippen LogP contribution in [-0.4, -0.2) is 40.8 Å². The summed E-state index contributed by atoms with van der Waals surface area (Å²) in [6.07, 6.45) is 1.80. The number of carbonyl (C=O) groups excluding carboxylic acids is 3. The van der Waals surface area contributed by atoms with Crippen LogP contribution >= 0.6 is 11.3 Å². The first-order valence-corrected chi connectivity index (χ1v) is 16.0. The Morgan fingerprint density at radius 1 is 1.00 bits per heavy atom. The van der Waals surface area contributed by atoms with E-state index in [-0.39, 0.29) is 37.0 Å². The van der Waals surface area contributed by atoms with Gasteiger partial charge in [-0.05, 0) is 72.0 Å². The van der Waals surface area contributed by atoms with E-state index in [0.29, 0.717) is 17.8 Å². The van der Waals surface area contributed by atoms with Gasteiger partial charge in [0.05, 0.1) is 30.8 Å². The van der Waals surface area contributed by atoms with Crippen LogP contribution in [0.25, 0.3) is 16.5 Å². The molecule has 0 spiro atoms. The van der Waals surface area contributed by atoms with Gasteiger partial charge in [-0.25, -0.2) is 9.18 Å². The lowest BCUT2D eigenvalue weighted by molar-refractivity contribution is -0.136. The first-order chi connectivity index (χ1) is 22.1. The fourth-order valence-electron chi connectivity index (χ4n) is 6.02. The summed E-state index contributed by atoms with van der Waals surface area (Å²) in [5, 5.41) is 2.80. The first-order valence-electron chi connectivity index (χ1n) is 15.1. The van der Waals surface area contributed by atoms with Gasteiger partial charge < -0.3 is 19.5 Å². The minimum Gasteiger partial charge on any atom is -0.462 e. The Hall–Kier alpha value is -5.02. The summed E-state index contributed by atoms with van der Waals surface area (Å²) in [4.78, 5) is 48.6. The Labute approximate surface area is 270 Å². The number of H-pyrrole nitrogens is 1. The largest absolute Gasteiger partial charge is 0.462 e. The highest BCUT2D eigenvalue weighted by Crippen LogP contribution is 2.42. The molecule has 5 aromatic rings. The maximum atomic E-state index is 13.8. The molecule has 0 bridgehead atoms. The maximum absolute atomic E-state index is 13.8. The number of carbonyl (C=O) groups is 3. The average molecular weight is 636 g/mol. The van der Waals surface area contributed by atoms with Crippen molar-refractivity contribution in [3.63, 3.8) is 0 Å². The van der Waals surface area contributed by atoms with Crippen molar-refractivity contribution in [2.45, 2.75) is 39.2 Å². The van der Waals surface area contributed by atoms with Crippen LogP contribution in [0.4, 0.5) is 10.1 Å². The number of anilines is 1. The third kappa shape index (κ3) is 6.23. The van der Waals surface area contributed by atoms with E-state index in [1.807, 2.05) is 79.9 Å². The minimum atomic E-state index is -0.655. The average Bonchev–Trinajstić information content (AvgIpc) is 3.67. The van der Waals surface area contributed by atoms with E-state index in [4.69, 9.17) is 4.74 Å². The Morgan fingerprint density at radius 2 is 1.76 bits per heavy atom. The molecule has 0 unspecified atom stereocenters. The van der Waals surface area contributed by atoms with Gasteiger partial charge in [-0.3, -0.25) is 9.59 Å². The maximum Gasteiger partial charge on any atom is 0.341 e. The fourth-order valence-corrected chi connectivity index (χ4v) is 6.72. The summed E-state index contributed by atoms with van der Waals surface area (Å²) in [6.45, 7) is 6.55. The molecule has 2 aromatic heterocycles. The summed E-state index contributed by atoms with van der Waals surface area (Å²) in [7, 11) is 0. The number of nitrogens with one attached hydrogen (secondary N) is 1. The smallest absolute Gasteiger partial charge is 0.341 e. The zero-order valence-electron chi connectivity index (χ0n) is 25.9. The number of aromatic amines is 1. The molecular weight excluding hydrogens is 601 g/mol. The normalized spacial score (nSPS) is 13.9. The van der Waals surface area contributed by atoms with E-state index in [2.05, 4.69) is 4.98 Å². The summed E-state index contributed by atoms with van der Waals surface area (Å²) in [5.74, 6) is -1.40. The number of nitrogens with zero attached hydrogens (tertiary/aromatic N) is 2. The molecule has 1 aliphatic rings. The van der Waals surface area contributed by atoms with Crippen LogP contribution in [0.15, 0.2) is 96.5 Å². The first kappa shape index (κ1) is 31.0. The second kappa shape index (κ2) is 12.8. The fraction of sp³-hybridized carbons (Fsp3) is 0.216. The van der Waals surface area contributed by atoms with Gasteiger partial charge in [0.2, 0.25) is 5.91 Å². The van der Waals surface area contributed by atoms with E-state index < -0.39 is 17.2 Å². The van der Waals surface area contributed by atoms with Crippen molar-refractivity contribution in [2.75, 3.05) is 18.1 Å². The van der Waals surface area contributed by atoms with Gasteiger partial charge in [0.15, 0.2) is 0 Å². The number of ether oxygens (including phenoxy) is 1. The molecule has 0 saturated heterocycles. The molecule has 0 fully saturated rings. The van der Waals surface area contributed by atoms with Crippen LogP contribution in [0.5, 0.6) is 0 Å². The number of hydrogen-bond donors (Lipinski definition) is 1. The zero-order valence-corrected chi connectivity index (χ0v) is 26.7. The minimum absolute atomic E-state index is 0.0327. The third-order valence-corrected chi connectivity index (χ3v) is 9.00. The number of amides is 2. The Morgan fingerprint density at radius 3 is 2.46 bits per heavy atom. The molecule has 2 amide bonds. The summed E-state index contributed by atoms with van der Waals surface area (Å²) < 4.78 is 19.1. The monoisotopic (exact) mass is 635 g/mol. The lowest BCUT2D eigenvalue weighted by Gasteiger charge is -2.30. The molecule has 9 heteroatoms. The van der Waals surface area contributed by atoms with Crippen LogP contribution < -0.4 is 4.90 Å². The molecule has 1 N–H and O–H groups in total. The van der Waals surface area contributed by atoms with Gasteiger partial charge in [-0.1, -0.05) is 50.2 Å². The number of halogens is 1. The van der Waals surface area contributed by atoms with Gasteiger partial charge >= 0.3 is 5.97 Å². The predicted molar refractivity (Wildman–Crippen MR) is 179 cm³/mol. The predicted octanol–water partition coefficient (Wildman–Crippen LogP) is 7.48. The highest BCUT2D eigenvalue weighted by Gasteiger charge is 2.38. The molecule has 0 radical (unpaired) electrons. The highest BCUT2D eigenvalue weighted by atomic mass is 32.1. The lowest BCUT2D eigenvalue weighted by Crippen LogP contribution is -2.37. The molecule has 234 valence electrons. The summed E-state index contributed by atoms with van der Waals surface area (Å²) in [6, 6.07) is 24.9. The summed E-state index contributed by atoms with van der Waals surface area (Å²) >= 11 is 1.55. The number of esters is 1. The van der Waals surface area contributed by atoms with Crippen molar-refractivity contribution in [1.82, 2.24) is 9.88 Å². The molecule has 1 aliphatic heterocycles. The number of fused-ring (bicyclic) bond motifs is 3. The molecule has 6 rings (SSSR count). The van der Waals surface area contributed by atoms with Crippen molar-refractivity contribution in [3.8, 4) is 0 Å². The van der Waals surface area contributed by atoms with Gasteiger partial charge in [0, 0.05) is 45.2 Å². The molecule has 46 heavy (non-hydrogen) atoms. The van der Waals surface area contributed by atoms with Crippen LogP contribution in [0, 0.1) is 5.82 Å². The molecule has 3 aromatic carbocycles. The van der Waals surface area contributed by atoms with Crippen LogP contribution in [0.1, 0.15) is 52.8 Å². The topological polar surface area (TPSA) is 82.7 Å². The van der Waals surface area contributed by atoms with Gasteiger partial charge in [0.25, 0.3) is 5.91 Å². The number of thiophene rings is 1. The van der Waals surface area contributed by atoms with E-state index in [1.165, 1.54) is 35.4 Å². The third-order valence-electron chi connectivity index (χ3n) is 8.13. The standard InChI is InChI=1S/C37H34FN3O4S/c1-4-45-36(44)30-22-40(35(43)25-12-14-26(38)15-13-25)23-37(2,3)33-29-19-27(16-17-31(29)39-34(30)33)41(21-24-9-6-5-7-10-24)32(42)20-28-11-8-18-46-28/h5-19,22,39H,4,20-21,23H2,1-3H3. The Balaban J connectivity index is 1.46. The van der Waals surface area contributed by atoms with Crippen molar-refractivity contribution in [1.29, 1.82) is 0 Å². The summed E-state index contributed by atoms with van der Waals surface area (Å²) in [5.41, 5.74) is 3.77. The highest BCUT2D eigenvalue weighted by molar-refractivity contribution is 7.10. The molecular formula is C37H34FN3O4S. The van der Waals surface area contributed by atoms with Crippen molar-refractivity contribution in [3.05, 3.63) is 130 Å². The van der Waals surface area contributed by atoms with Gasteiger partial charge in [-0.15, -0.1) is 11.3 Å². The van der Waals surface area contributed by atoms with Gasteiger partial charge in [-0.2, -0.15) is 0 Å². The number of hydrogen-bond acceptors (Lipinski definition) is 5. The Kier molecular flexibility index (Phi) is 8.60. The van der Waals surface area contributed by atoms with E-state index in [9.17, 15) is 18.8 Å². The molecule has 0 aliphatic carbocycles. The number of benzene rings is 3. The van der Waals surface area contributed by atoms with Gasteiger partial charge in [0.1, 0.15) is 5.82 Å². The van der Waals surface area contributed by atoms with Crippen LogP contribution in [-0.2, 0) is 32.7 Å². The van der Waals surface area contributed by atoms with Crippen molar-refractivity contribution >= 4 is 51.3 Å². The van der Waals surface area contributed by atoms with E-state index in [0.717, 1.165) is 32.6 Å². The quantitative estimate of drug-likeness (QED) is 0.179. The van der Waals surface area contributed by atoms with Crippen LogP contribution in [0.3, 0.4) is 0 Å². The van der Waals surface area contributed by atoms with Crippen molar-refractivity contribution in [2.24, 2.45) is 0 Å². The Bertz CT molecular complexity index is 1930. The second-order valence-electron chi connectivity index (χ2n) is 11.9. The molecule has 0 atom stereocenters. The molecule has 3 heterocycles. The van der Waals surface area contributed by atoms with Crippen LogP contribution in [0.2, 0.25) is 0 Å². The number of rotatable bonds is 8. The lowest BCUT2D eigenvalue weighted by atomic mass is 9.81. The van der Waals surface area contributed by atoms with E-state index in [1.54, 1.807) is 23.2 Å². The van der Waals surface area contributed by atoms with Crippen molar-refractivity contribution < 1.29 is 23.5 Å². The van der Waals surface area contributed by atoms with E-state index >= 15 is 0 Å². The second-order valence-corrected chi connectivity index (χ2v) is 12.9. The molecule has 7 nitrogen and oxygen atoms in total. The SMILES string of the molecule is CCOC(=O)C1=CN(C(=O)c2ccc(F)cc2)CC(C)(C)c2c1[nH]c1ccc(N(Cc3ccccc3)C(=O)Cc3cccs3)cc21.